The van der Waals surface area contributed by atoms with Gasteiger partial charge < -0.3 is 19.3 Å². The van der Waals surface area contributed by atoms with Gasteiger partial charge in [0.05, 0.1) is 24.9 Å². The van der Waals surface area contributed by atoms with Gasteiger partial charge in [-0.1, -0.05) is 74.5 Å². The van der Waals surface area contributed by atoms with E-state index >= 15 is 0 Å². The van der Waals surface area contributed by atoms with E-state index in [1.165, 1.54) is 5.56 Å². The molecule has 1 N–H and O–H groups in total. The minimum atomic E-state index is -0.543. The maximum atomic E-state index is 10.1. The summed E-state index contributed by atoms with van der Waals surface area (Å²) in [7, 11) is 0. The van der Waals surface area contributed by atoms with Crippen molar-refractivity contribution >= 4 is 0 Å². The molecule has 0 saturated carbocycles. The van der Waals surface area contributed by atoms with Crippen LogP contribution >= 0.6 is 0 Å². The number of benzene rings is 2. The monoisotopic (exact) mass is 384 g/mol. The fraction of sp³-hybridized carbons (Fsp3) is 0.500. The average Bonchev–Trinajstić information content (AvgIpc) is 2.68. The molecule has 4 heteroatoms. The van der Waals surface area contributed by atoms with Crippen LogP contribution in [0.2, 0.25) is 0 Å². The Bertz CT molecular complexity index is 727. The second-order valence-corrected chi connectivity index (χ2v) is 8.68. The highest BCUT2D eigenvalue weighted by Crippen LogP contribution is 2.32. The lowest BCUT2D eigenvalue weighted by atomic mass is 9.85. The van der Waals surface area contributed by atoms with Crippen molar-refractivity contribution in [2.75, 3.05) is 13.2 Å². The first-order valence-corrected chi connectivity index (χ1v) is 9.98. The van der Waals surface area contributed by atoms with Gasteiger partial charge in [0, 0.05) is 11.8 Å². The fourth-order valence-electron chi connectivity index (χ4n) is 3.57. The topological polar surface area (TPSA) is 47.9 Å². The number of rotatable bonds is 7. The highest BCUT2D eigenvalue weighted by atomic mass is 16.7. The molecule has 0 spiro atoms. The van der Waals surface area contributed by atoms with Gasteiger partial charge in [0.15, 0.2) is 6.29 Å². The van der Waals surface area contributed by atoms with Crippen molar-refractivity contribution in [3.05, 3.63) is 71.8 Å². The van der Waals surface area contributed by atoms with Crippen LogP contribution in [0.1, 0.15) is 45.2 Å². The van der Waals surface area contributed by atoms with E-state index in [4.69, 9.17) is 14.2 Å². The number of hydrogen-bond acceptors (Lipinski definition) is 4. The van der Waals surface area contributed by atoms with Gasteiger partial charge in [-0.25, -0.2) is 0 Å². The molecule has 0 aliphatic carbocycles. The van der Waals surface area contributed by atoms with Crippen LogP contribution in [0.3, 0.4) is 0 Å². The zero-order valence-electron chi connectivity index (χ0n) is 17.3. The molecule has 0 radical (unpaired) electrons. The van der Waals surface area contributed by atoms with E-state index in [0.717, 1.165) is 5.56 Å². The molecule has 0 aromatic heterocycles. The Morgan fingerprint density at radius 1 is 0.929 bits per heavy atom. The van der Waals surface area contributed by atoms with Crippen molar-refractivity contribution in [1.82, 2.24) is 0 Å². The van der Waals surface area contributed by atoms with Crippen molar-refractivity contribution in [1.29, 1.82) is 0 Å². The summed E-state index contributed by atoms with van der Waals surface area (Å²) in [4.78, 5) is 0. The molecule has 28 heavy (non-hydrogen) atoms. The Balaban J connectivity index is 1.68. The maximum Gasteiger partial charge on any atom is 0.183 e. The normalized spacial score (nSPS) is 23.5. The predicted octanol–water partition coefficient (Wildman–Crippen LogP) is 4.41. The van der Waals surface area contributed by atoms with Gasteiger partial charge in [-0.2, -0.15) is 0 Å². The number of aliphatic hydroxyl groups is 1. The average molecular weight is 385 g/mol. The second kappa shape index (κ2) is 8.75. The van der Waals surface area contributed by atoms with E-state index in [1.54, 1.807) is 0 Å². The molecule has 4 nitrogen and oxygen atoms in total. The highest BCUT2D eigenvalue weighted by Gasteiger charge is 2.38. The van der Waals surface area contributed by atoms with Crippen LogP contribution in [-0.2, 0) is 25.2 Å². The highest BCUT2D eigenvalue weighted by molar-refractivity contribution is 5.23. The van der Waals surface area contributed by atoms with Crippen molar-refractivity contribution in [2.45, 2.75) is 63.6 Å². The summed E-state index contributed by atoms with van der Waals surface area (Å²) in [5, 5.41) is 10.1. The molecule has 3 atom stereocenters. The van der Waals surface area contributed by atoms with Crippen molar-refractivity contribution in [3.8, 4) is 0 Å². The van der Waals surface area contributed by atoms with Crippen molar-refractivity contribution in [3.63, 3.8) is 0 Å². The van der Waals surface area contributed by atoms with Gasteiger partial charge in [-0.05, 0) is 25.0 Å². The first-order chi connectivity index (χ1) is 13.3. The molecule has 0 amide bonds. The third-order valence-electron chi connectivity index (χ3n) is 5.34. The Morgan fingerprint density at radius 2 is 1.50 bits per heavy atom. The third-order valence-corrected chi connectivity index (χ3v) is 5.34. The zero-order chi connectivity index (χ0) is 20.2. The van der Waals surface area contributed by atoms with E-state index in [9.17, 15) is 5.11 Å². The predicted molar refractivity (Wildman–Crippen MR) is 110 cm³/mol. The smallest absolute Gasteiger partial charge is 0.183 e. The standard InChI is InChI=1S/C24H32O4/c1-23(2,18-11-7-5-8-12-18)17-27-22-21(15-20(25)16-26-22)28-24(3,4)19-13-9-6-10-14-19/h5-14,20-22,25H,15-17H2,1-4H3/t20-,21-,22+/m0/s1. The molecule has 2 aromatic rings. The van der Waals surface area contributed by atoms with Crippen LogP contribution in [0.5, 0.6) is 0 Å². The van der Waals surface area contributed by atoms with Crippen molar-refractivity contribution in [2.24, 2.45) is 0 Å². The van der Waals surface area contributed by atoms with Gasteiger partial charge in [0.1, 0.15) is 6.10 Å². The van der Waals surface area contributed by atoms with E-state index in [-0.39, 0.29) is 18.1 Å². The van der Waals surface area contributed by atoms with E-state index in [2.05, 4.69) is 38.1 Å². The van der Waals surface area contributed by atoms with Crippen LogP contribution in [0, 0.1) is 0 Å². The molecule has 152 valence electrons. The Labute approximate surface area is 168 Å². The Kier molecular flexibility index (Phi) is 6.56. The van der Waals surface area contributed by atoms with Crippen LogP contribution in [-0.4, -0.2) is 36.8 Å². The number of aliphatic hydroxyl groups excluding tert-OH is 1. The van der Waals surface area contributed by atoms with E-state index < -0.39 is 18.0 Å². The van der Waals surface area contributed by atoms with Crippen molar-refractivity contribution < 1.29 is 19.3 Å². The SMILES string of the molecule is CC(C)(CO[C@H]1OC[C@@H](O)C[C@@H]1OC(C)(C)c1ccccc1)c1ccccc1. The molecule has 1 saturated heterocycles. The van der Waals surface area contributed by atoms with E-state index in [0.29, 0.717) is 13.0 Å². The fourth-order valence-corrected chi connectivity index (χ4v) is 3.57. The lowest BCUT2D eigenvalue weighted by molar-refractivity contribution is -0.272. The zero-order valence-corrected chi connectivity index (χ0v) is 17.3. The lowest BCUT2D eigenvalue weighted by Crippen LogP contribution is -2.48. The lowest BCUT2D eigenvalue weighted by Gasteiger charge is -2.40. The molecule has 2 aromatic carbocycles. The van der Waals surface area contributed by atoms with Crippen LogP contribution in [0.15, 0.2) is 60.7 Å². The first kappa shape index (κ1) is 21.0. The number of ether oxygens (including phenoxy) is 3. The molecule has 1 fully saturated rings. The Morgan fingerprint density at radius 3 is 2.11 bits per heavy atom. The summed E-state index contributed by atoms with van der Waals surface area (Å²) in [5.41, 5.74) is 1.63. The minimum absolute atomic E-state index is 0.153. The molecule has 3 rings (SSSR count). The third kappa shape index (κ3) is 5.21. The summed E-state index contributed by atoms with van der Waals surface area (Å²) < 4.78 is 18.4. The molecule has 0 unspecified atom stereocenters. The van der Waals surface area contributed by atoms with E-state index in [1.807, 2.05) is 50.2 Å². The quantitative estimate of drug-likeness (QED) is 0.768. The summed E-state index contributed by atoms with van der Waals surface area (Å²) in [6.07, 6.45) is -0.898. The Hall–Kier alpha value is -1.72. The van der Waals surface area contributed by atoms with Gasteiger partial charge in [-0.15, -0.1) is 0 Å². The first-order valence-electron chi connectivity index (χ1n) is 9.98. The minimum Gasteiger partial charge on any atom is -0.391 e. The summed E-state index contributed by atoms with van der Waals surface area (Å²) in [6, 6.07) is 20.4. The second-order valence-electron chi connectivity index (χ2n) is 8.68. The summed E-state index contributed by atoms with van der Waals surface area (Å²) >= 11 is 0. The number of hydrogen-bond donors (Lipinski definition) is 1. The van der Waals surface area contributed by atoms with Gasteiger partial charge >= 0.3 is 0 Å². The molecule has 1 aliphatic rings. The largest absolute Gasteiger partial charge is 0.391 e. The van der Waals surface area contributed by atoms with Crippen LogP contribution in [0.25, 0.3) is 0 Å². The summed E-state index contributed by atoms with van der Waals surface area (Å²) in [6.45, 7) is 9.15. The molecular formula is C24H32O4. The van der Waals surface area contributed by atoms with Gasteiger partial charge in [0.2, 0.25) is 0 Å². The summed E-state index contributed by atoms with van der Waals surface area (Å²) in [5.74, 6) is 0. The van der Waals surface area contributed by atoms with Gasteiger partial charge in [0.25, 0.3) is 0 Å². The van der Waals surface area contributed by atoms with Gasteiger partial charge in [-0.3, -0.25) is 0 Å². The van der Waals surface area contributed by atoms with Crippen LogP contribution < -0.4 is 0 Å². The molecule has 1 heterocycles. The maximum absolute atomic E-state index is 10.1. The van der Waals surface area contributed by atoms with Crippen LogP contribution in [0.4, 0.5) is 0 Å². The molecule has 1 aliphatic heterocycles. The molecular weight excluding hydrogens is 352 g/mol. The molecule has 0 bridgehead atoms.